The van der Waals surface area contributed by atoms with Gasteiger partial charge >= 0.3 is 29.4 Å². The van der Waals surface area contributed by atoms with Crippen LogP contribution in [0.15, 0.2) is 66.7 Å². The molecule has 3 atom stereocenters. The summed E-state index contributed by atoms with van der Waals surface area (Å²) in [5.74, 6) is -3.05. The van der Waals surface area contributed by atoms with Crippen LogP contribution in [0.4, 0.5) is 11.4 Å². The van der Waals surface area contributed by atoms with Gasteiger partial charge in [0.15, 0.2) is 6.10 Å². The molecule has 3 unspecified atom stereocenters. The fraction of sp³-hybridized carbons (Fsp3) is 0.359. The molecule has 0 aliphatic carbocycles. The molecular weight excluding hydrogens is 694 g/mol. The van der Waals surface area contributed by atoms with Gasteiger partial charge in [-0.15, -0.1) is 0 Å². The maximum atomic E-state index is 13.6. The predicted octanol–water partition coefficient (Wildman–Crippen LogP) is 6.94. The average Bonchev–Trinajstić information content (AvgIpc) is 3.53. The number of nitro groups is 1. The number of para-hydroxylation sites is 1. The van der Waals surface area contributed by atoms with E-state index in [1.165, 1.54) is 18.2 Å². The molecule has 4 aromatic rings. The second-order valence-electron chi connectivity index (χ2n) is 14.1. The largest absolute Gasteiger partial charge is 0.479 e. The van der Waals surface area contributed by atoms with Crippen molar-refractivity contribution in [3.63, 3.8) is 0 Å². The highest BCUT2D eigenvalue weighted by Gasteiger charge is 2.36. The van der Waals surface area contributed by atoms with Gasteiger partial charge in [0.25, 0.3) is 5.91 Å². The molecule has 2 heterocycles. The number of nitrogens with zero attached hydrogens (tertiary/aromatic N) is 6. The Labute approximate surface area is 313 Å². The zero-order valence-corrected chi connectivity index (χ0v) is 31.2. The van der Waals surface area contributed by atoms with E-state index in [1.807, 2.05) is 77.9 Å². The summed E-state index contributed by atoms with van der Waals surface area (Å²) in [6.45, 7) is 10.4. The minimum Gasteiger partial charge on any atom is -0.479 e. The van der Waals surface area contributed by atoms with Crippen LogP contribution in [-0.2, 0) is 10.2 Å². The lowest BCUT2D eigenvalue weighted by Crippen LogP contribution is -2.46. The number of benzene rings is 3. The topological polar surface area (TPSA) is 193 Å². The third-order valence-corrected chi connectivity index (χ3v) is 9.16. The molecule has 5 rings (SSSR count). The van der Waals surface area contributed by atoms with Crippen molar-refractivity contribution in [2.75, 3.05) is 32.5 Å². The molecule has 3 aromatic carbocycles. The van der Waals surface area contributed by atoms with E-state index >= 15 is 0 Å². The summed E-state index contributed by atoms with van der Waals surface area (Å²) in [4.78, 5) is 50.1. The Morgan fingerprint density at radius 3 is 2.44 bits per heavy atom. The smallest absolute Gasteiger partial charge is 0.392 e. The Morgan fingerprint density at radius 2 is 1.80 bits per heavy atom. The van der Waals surface area contributed by atoms with E-state index < -0.39 is 45.9 Å². The number of hydrogen-bond acceptors (Lipinski definition) is 12. The van der Waals surface area contributed by atoms with Gasteiger partial charge in [0.05, 0.1) is 22.7 Å². The second-order valence-corrected chi connectivity index (χ2v) is 14.1. The molecule has 1 aliphatic heterocycles. The summed E-state index contributed by atoms with van der Waals surface area (Å²) in [6.07, 6.45) is -1.86. The summed E-state index contributed by atoms with van der Waals surface area (Å²) in [5.41, 5.74) is 1.62. The van der Waals surface area contributed by atoms with Crippen molar-refractivity contribution in [1.82, 2.24) is 19.8 Å². The molecule has 0 saturated carbocycles. The molecule has 54 heavy (non-hydrogen) atoms. The molecule has 15 heteroatoms. The van der Waals surface area contributed by atoms with Gasteiger partial charge in [-0.2, -0.15) is 15.2 Å². The van der Waals surface area contributed by atoms with E-state index in [4.69, 9.17) is 14.2 Å². The predicted molar refractivity (Wildman–Crippen MR) is 199 cm³/mol. The van der Waals surface area contributed by atoms with Crippen LogP contribution in [0.5, 0.6) is 29.3 Å². The van der Waals surface area contributed by atoms with Crippen molar-refractivity contribution in [1.29, 1.82) is 5.26 Å². The van der Waals surface area contributed by atoms with Crippen LogP contribution in [0.25, 0.3) is 0 Å². The van der Waals surface area contributed by atoms with Crippen molar-refractivity contribution < 1.29 is 33.8 Å². The third-order valence-electron chi connectivity index (χ3n) is 9.16. The van der Waals surface area contributed by atoms with E-state index in [0.717, 1.165) is 11.3 Å². The number of carboxylic acids is 1. The Morgan fingerprint density at radius 1 is 1.07 bits per heavy atom. The first-order valence-electron chi connectivity index (χ1n) is 17.4. The van der Waals surface area contributed by atoms with Crippen LogP contribution in [-0.4, -0.2) is 81.1 Å². The Bertz CT molecular complexity index is 2090. The summed E-state index contributed by atoms with van der Waals surface area (Å²) in [7, 11) is 3.71. The zero-order valence-electron chi connectivity index (χ0n) is 31.2. The van der Waals surface area contributed by atoms with Gasteiger partial charge in [0.1, 0.15) is 11.5 Å². The lowest BCUT2D eigenvalue weighted by molar-refractivity contribution is -0.387. The summed E-state index contributed by atoms with van der Waals surface area (Å²) in [6, 6.07) is 20.0. The van der Waals surface area contributed by atoms with Crippen LogP contribution >= 0.6 is 0 Å². The van der Waals surface area contributed by atoms with Crippen molar-refractivity contribution in [2.45, 2.75) is 64.6 Å². The van der Waals surface area contributed by atoms with Gasteiger partial charge in [-0.3, -0.25) is 19.8 Å². The molecule has 2 N–H and O–H groups in total. The highest BCUT2D eigenvalue weighted by molar-refractivity contribution is 5.94. The van der Waals surface area contributed by atoms with E-state index in [0.29, 0.717) is 18.7 Å². The van der Waals surface area contributed by atoms with Gasteiger partial charge in [-0.1, -0.05) is 51.1 Å². The van der Waals surface area contributed by atoms with E-state index in [2.05, 4.69) is 21.4 Å². The van der Waals surface area contributed by atoms with Crippen molar-refractivity contribution in [2.24, 2.45) is 0 Å². The fourth-order valence-electron chi connectivity index (χ4n) is 6.13. The number of aromatic nitrogens is 2. The lowest BCUT2D eigenvalue weighted by atomic mass is 9.86. The van der Waals surface area contributed by atoms with Crippen LogP contribution in [0.3, 0.4) is 0 Å². The van der Waals surface area contributed by atoms with Crippen LogP contribution in [0, 0.1) is 21.4 Å². The number of carboxylic acid groups (broad SMARTS) is 1. The molecule has 0 radical (unpaired) electrons. The maximum Gasteiger partial charge on any atom is 0.392 e. The Balaban J connectivity index is 1.60. The normalized spacial score (nSPS) is 14.6. The number of fused-ring (bicyclic) bond motifs is 1. The number of carbonyl (C=O) groups is 2. The molecule has 1 amide bonds. The van der Waals surface area contributed by atoms with Gasteiger partial charge < -0.3 is 29.5 Å². The summed E-state index contributed by atoms with van der Waals surface area (Å²) < 4.78 is 18.1. The molecule has 282 valence electrons. The minimum atomic E-state index is -1.58. The maximum absolute atomic E-state index is 13.6. The highest BCUT2D eigenvalue weighted by atomic mass is 16.6. The first-order valence-corrected chi connectivity index (χ1v) is 17.4. The molecule has 0 saturated heterocycles. The molecule has 0 spiro atoms. The first kappa shape index (κ1) is 38.9. The van der Waals surface area contributed by atoms with Gasteiger partial charge in [0, 0.05) is 42.2 Å². The van der Waals surface area contributed by atoms with Crippen molar-refractivity contribution >= 4 is 23.3 Å². The van der Waals surface area contributed by atoms with E-state index in [-0.39, 0.29) is 47.0 Å². The number of hydrogen-bond donors (Lipinski definition) is 2. The van der Waals surface area contributed by atoms with Crippen LogP contribution in [0.1, 0.15) is 74.0 Å². The minimum absolute atomic E-state index is 0.0263. The average molecular weight is 738 g/mol. The molecule has 1 aliphatic rings. The molecule has 0 bridgehead atoms. The first-order chi connectivity index (χ1) is 25.6. The molecular formula is C39H43N7O8. The van der Waals surface area contributed by atoms with Crippen LogP contribution in [0.2, 0.25) is 0 Å². The number of nitrogens with one attached hydrogen (secondary N) is 1. The number of nitriles is 1. The van der Waals surface area contributed by atoms with E-state index in [1.54, 1.807) is 29.2 Å². The van der Waals surface area contributed by atoms with Crippen LogP contribution < -0.4 is 19.5 Å². The SMILES string of the molecule is CCN(C(=O)c1cccc(Oc2nc(Oc3cc(C#N)ccc3C(C)(C)C)nc(OC(CC3CNc4ccccc43)C(=O)O)c2[N+](=O)[O-])c1)C(C)N(C)C. The van der Waals surface area contributed by atoms with Gasteiger partial charge in [-0.05, 0) is 75.3 Å². The number of amides is 1. The number of rotatable bonds is 14. The number of aliphatic carboxylic acids is 1. The van der Waals surface area contributed by atoms with Crippen molar-refractivity contribution in [3.8, 4) is 35.3 Å². The molecule has 1 aromatic heterocycles. The van der Waals surface area contributed by atoms with Crippen molar-refractivity contribution in [3.05, 3.63) is 99.1 Å². The van der Waals surface area contributed by atoms with Gasteiger partial charge in [-0.25, -0.2) is 4.79 Å². The standard InChI is InChI=1S/C39H43N7O8/c1-8-45(23(2)44(6)7)36(47)25-12-11-13-27(19-25)52-34-33(46(50)51)35(53-32(37(48)49)20-26-22-41-30-15-10-9-14-28(26)30)43-38(42-34)54-31-18-24(21-40)16-17-29(31)39(3,4)5/h9-19,23,26,32,41H,8,20,22H2,1-7H3,(H,48,49). The number of carbonyl (C=O) groups excluding carboxylic acids is 1. The quantitative estimate of drug-likeness (QED) is 0.0769. The number of anilines is 1. The monoisotopic (exact) mass is 737 g/mol. The second kappa shape index (κ2) is 16.2. The lowest BCUT2D eigenvalue weighted by Gasteiger charge is -2.32. The summed E-state index contributed by atoms with van der Waals surface area (Å²) in [5, 5.41) is 35.9. The molecule has 0 fully saturated rings. The Hall–Kier alpha value is -6.27. The fourth-order valence-corrected chi connectivity index (χ4v) is 6.13. The number of ether oxygens (including phenoxy) is 3. The summed E-state index contributed by atoms with van der Waals surface area (Å²) >= 11 is 0. The van der Waals surface area contributed by atoms with E-state index in [9.17, 15) is 30.1 Å². The molecule has 15 nitrogen and oxygen atoms in total. The zero-order chi connectivity index (χ0) is 39.3. The Kier molecular flexibility index (Phi) is 11.7. The third kappa shape index (κ3) is 8.67. The highest BCUT2D eigenvalue weighted by Crippen LogP contribution is 2.42. The van der Waals surface area contributed by atoms with Gasteiger partial charge in [0.2, 0.25) is 0 Å².